The van der Waals surface area contributed by atoms with Crippen LogP contribution in [0.5, 0.6) is 0 Å². The summed E-state index contributed by atoms with van der Waals surface area (Å²) in [5.41, 5.74) is 0. The maximum Gasteiger partial charge on any atom is 0.224 e. The van der Waals surface area contributed by atoms with Gasteiger partial charge in [0.05, 0.1) is 11.7 Å². The molecular weight excluding hydrogens is 314 g/mol. The number of amides is 1. The fraction of sp³-hybridized carbons (Fsp3) is 0.938. The van der Waals surface area contributed by atoms with Crippen molar-refractivity contribution in [3.63, 3.8) is 0 Å². The lowest BCUT2D eigenvalue weighted by Crippen LogP contribution is -2.46. The van der Waals surface area contributed by atoms with Gasteiger partial charge in [-0.1, -0.05) is 0 Å². The van der Waals surface area contributed by atoms with E-state index in [1.165, 1.54) is 30.2 Å². The van der Waals surface area contributed by atoms with Crippen LogP contribution in [0.1, 0.15) is 46.0 Å². The second kappa shape index (κ2) is 8.44. The molecule has 0 spiro atoms. The minimum atomic E-state index is -3.19. The molecule has 2 fully saturated rings. The Bertz CT molecular complexity index is 489. The number of piperidine rings is 1. The molecule has 2 heterocycles. The molecule has 0 aliphatic carbocycles. The van der Waals surface area contributed by atoms with Gasteiger partial charge in [0.1, 0.15) is 0 Å². The fourth-order valence-corrected chi connectivity index (χ4v) is 4.68. The zero-order chi connectivity index (χ0) is 16.9. The maximum atomic E-state index is 12.3. The minimum absolute atomic E-state index is 0.00891. The van der Waals surface area contributed by atoms with Crippen molar-refractivity contribution < 1.29 is 13.2 Å². The van der Waals surface area contributed by atoms with Crippen LogP contribution in [0, 0.1) is 5.92 Å². The van der Waals surface area contributed by atoms with Gasteiger partial charge in [-0.05, 0) is 59.0 Å². The SMILES string of the molecule is CCS(=O)(=O)N1CCC[C@H](C(=O)NCC[C@H](C)N2CCCC2)C1. The average molecular weight is 346 g/mol. The average Bonchev–Trinajstić information content (AvgIpc) is 3.09. The van der Waals surface area contributed by atoms with E-state index in [1.807, 2.05) is 0 Å². The molecule has 0 aromatic heterocycles. The first-order chi connectivity index (χ1) is 10.9. The molecule has 1 amide bonds. The van der Waals surface area contributed by atoms with Crippen molar-refractivity contribution in [1.82, 2.24) is 14.5 Å². The zero-order valence-corrected chi connectivity index (χ0v) is 15.3. The number of hydrogen-bond acceptors (Lipinski definition) is 4. The Kier molecular flexibility index (Phi) is 6.85. The van der Waals surface area contributed by atoms with Crippen molar-refractivity contribution in [3.8, 4) is 0 Å². The van der Waals surface area contributed by atoms with E-state index in [9.17, 15) is 13.2 Å². The van der Waals surface area contributed by atoms with Crippen LogP contribution in [0.15, 0.2) is 0 Å². The summed E-state index contributed by atoms with van der Waals surface area (Å²) in [5, 5.41) is 3.01. The normalized spacial score (nSPS) is 25.4. The number of nitrogens with one attached hydrogen (secondary N) is 1. The molecule has 0 aromatic carbocycles. The van der Waals surface area contributed by atoms with Gasteiger partial charge in [0.2, 0.25) is 15.9 Å². The Balaban J connectivity index is 1.74. The first-order valence-electron chi connectivity index (χ1n) is 8.93. The Hall–Kier alpha value is -0.660. The topological polar surface area (TPSA) is 69.7 Å². The lowest BCUT2D eigenvalue weighted by Gasteiger charge is -2.31. The van der Waals surface area contributed by atoms with Crippen molar-refractivity contribution in [3.05, 3.63) is 0 Å². The molecule has 2 atom stereocenters. The molecule has 0 radical (unpaired) electrons. The van der Waals surface area contributed by atoms with Gasteiger partial charge in [-0.2, -0.15) is 0 Å². The smallest absolute Gasteiger partial charge is 0.224 e. The molecule has 2 aliphatic heterocycles. The monoisotopic (exact) mass is 345 g/mol. The first-order valence-corrected chi connectivity index (χ1v) is 10.5. The van der Waals surface area contributed by atoms with E-state index >= 15 is 0 Å². The number of carbonyl (C=O) groups excluding carboxylic acids is 1. The molecule has 6 nitrogen and oxygen atoms in total. The van der Waals surface area contributed by atoms with Gasteiger partial charge in [-0.15, -0.1) is 0 Å². The van der Waals surface area contributed by atoms with Crippen LogP contribution in [-0.4, -0.2) is 68.0 Å². The summed E-state index contributed by atoms with van der Waals surface area (Å²) < 4.78 is 25.4. The maximum absolute atomic E-state index is 12.3. The quantitative estimate of drug-likeness (QED) is 0.748. The predicted octanol–water partition coefficient (Wildman–Crippen LogP) is 1.04. The van der Waals surface area contributed by atoms with Gasteiger partial charge in [0, 0.05) is 25.7 Å². The van der Waals surface area contributed by atoms with Crippen molar-refractivity contribution >= 4 is 15.9 Å². The van der Waals surface area contributed by atoms with Gasteiger partial charge < -0.3 is 10.2 Å². The highest BCUT2D eigenvalue weighted by molar-refractivity contribution is 7.89. The van der Waals surface area contributed by atoms with Gasteiger partial charge in [-0.25, -0.2) is 12.7 Å². The molecular formula is C16H31N3O3S. The Morgan fingerprint density at radius 3 is 2.57 bits per heavy atom. The summed E-state index contributed by atoms with van der Waals surface area (Å²) in [7, 11) is -3.19. The molecule has 0 bridgehead atoms. The standard InChI is InChI=1S/C16H31N3O3S/c1-3-23(21,22)19-12-6-7-15(13-19)16(20)17-9-8-14(2)18-10-4-5-11-18/h14-15H,3-13H2,1-2H3,(H,17,20)/t14-,15-/m0/s1. The van der Waals surface area contributed by atoms with E-state index in [1.54, 1.807) is 6.92 Å². The van der Waals surface area contributed by atoms with E-state index in [2.05, 4.69) is 17.1 Å². The summed E-state index contributed by atoms with van der Waals surface area (Å²) in [6.07, 6.45) is 5.06. The van der Waals surface area contributed by atoms with Gasteiger partial charge >= 0.3 is 0 Å². The summed E-state index contributed by atoms with van der Waals surface area (Å²) in [6, 6.07) is 0.501. The van der Waals surface area contributed by atoms with Gasteiger partial charge in [0.25, 0.3) is 0 Å². The third-order valence-electron chi connectivity index (χ3n) is 5.14. The molecule has 7 heteroatoms. The Morgan fingerprint density at radius 1 is 1.22 bits per heavy atom. The molecule has 2 saturated heterocycles. The highest BCUT2D eigenvalue weighted by atomic mass is 32.2. The molecule has 0 unspecified atom stereocenters. The van der Waals surface area contributed by atoms with Crippen LogP contribution in [-0.2, 0) is 14.8 Å². The van der Waals surface area contributed by atoms with Gasteiger partial charge in [0.15, 0.2) is 0 Å². The van der Waals surface area contributed by atoms with Crippen molar-refractivity contribution in [2.75, 3.05) is 38.5 Å². The molecule has 1 N–H and O–H groups in total. The van der Waals surface area contributed by atoms with Crippen molar-refractivity contribution in [2.24, 2.45) is 5.92 Å². The molecule has 23 heavy (non-hydrogen) atoms. The second-order valence-electron chi connectivity index (χ2n) is 6.77. The minimum Gasteiger partial charge on any atom is -0.356 e. The number of hydrogen-bond donors (Lipinski definition) is 1. The molecule has 134 valence electrons. The third-order valence-corrected chi connectivity index (χ3v) is 6.99. The number of likely N-dealkylation sites (tertiary alicyclic amines) is 1. The second-order valence-corrected chi connectivity index (χ2v) is 9.03. The number of nitrogens with zero attached hydrogens (tertiary/aromatic N) is 2. The largest absolute Gasteiger partial charge is 0.356 e. The van der Waals surface area contributed by atoms with Crippen molar-refractivity contribution in [2.45, 2.75) is 52.0 Å². The number of carbonyl (C=O) groups is 1. The Labute approximate surface area is 140 Å². The summed E-state index contributed by atoms with van der Waals surface area (Å²) in [6.45, 7) is 7.76. The van der Waals surface area contributed by atoms with E-state index in [0.717, 1.165) is 19.3 Å². The molecule has 2 aliphatic rings. The van der Waals surface area contributed by atoms with Crippen LogP contribution in [0.3, 0.4) is 0 Å². The van der Waals surface area contributed by atoms with Crippen LogP contribution in [0.25, 0.3) is 0 Å². The molecule has 0 saturated carbocycles. The van der Waals surface area contributed by atoms with Gasteiger partial charge in [-0.3, -0.25) is 4.79 Å². The van der Waals surface area contributed by atoms with E-state index < -0.39 is 10.0 Å². The lowest BCUT2D eigenvalue weighted by molar-refractivity contribution is -0.126. The van der Waals surface area contributed by atoms with Crippen LogP contribution >= 0.6 is 0 Å². The van der Waals surface area contributed by atoms with E-state index in [0.29, 0.717) is 25.7 Å². The number of rotatable bonds is 7. The highest BCUT2D eigenvalue weighted by Gasteiger charge is 2.31. The third kappa shape index (κ3) is 5.16. The lowest BCUT2D eigenvalue weighted by atomic mass is 9.99. The summed E-state index contributed by atoms with van der Waals surface area (Å²) in [5.74, 6) is -0.0869. The van der Waals surface area contributed by atoms with E-state index in [-0.39, 0.29) is 17.6 Å². The van der Waals surface area contributed by atoms with Crippen LogP contribution in [0.2, 0.25) is 0 Å². The Morgan fingerprint density at radius 2 is 1.91 bits per heavy atom. The first kappa shape index (κ1) is 18.7. The van der Waals surface area contributed by atoms with Crippen LogP contribution in [0.4, 0.5) is 0 Å². The zero-order valence-electron chi connectivity index (χ0n) is 14.5. The van der Waals surface area contributed by atoms with Crippen molar-refractivity contribution in [1.29, 1.82) is 0 Å². The molecule has 0 aromatic rings. The summed E-state index contributed by atoms with van der Waals surface area (Å²) >= 11 is 0. The molecule has 2 rings (SSSR count). The fourth-order valence-electron chi connectivity index (χ4n) is 3.51. The number of sulfonamides is 1. The predicted molar refractivity (Wildman–Crippen MR) is 91.7 cm³/mol. The van der Waals surface area contributed by atoms with E-state index in [4.69, 9.17) is 0 Å². The highest BCUT2D eigenvalue weighted by Crippen LogP contribution is 2.20. The van der Waals surface area contributed by atoms with Crippen LogP contribution < -0.4 is 5.32 Å². The summed E-state index contributed by atoms with van der Waals surface area (Å²) in [4.78, 5) is 14.8.